The summed E-state index contributed by atoms with van der Waals surface area (Å²) in [6.45, 7) is 4.82. The fourth-order valence-electron chi connectivity index (χ4n) is 1.67. The van der Waals surface area contributed by atoms with Gasteiger partial charge in [0, 0.05) is 24.0 Å². The Bertz CT molecular complexity index is 604. The number of benzene rings is 1. The summed E-state index contributed by atoms with van der Waals surface area (Å²) in [7, 11) is 0. The summed E-state index contributed by atoms with van der Waals surface area (Å²) in [5, 5.41) is 6.28. The van der Waals surface area contributed by atoms with Gasteiger partial charge in [-0.25, -0.2) is 9.37 Å². The van der Waals surface area contributed by atoms with E-state index in [1.54, 1.807) is 6.07 Å². The van der Waals surface area contributed by atoms with Crippen molar-refractivity contribution in [1.82, 2.24) is 9.97 Å². The Morgan fingerprint density at radius 3 is 2.75 bits per heavy atom. The molecule has 2 aromatic rings. The van der Waals surface area contributed by atoms with Crippen molar-refractivity contribution in [2.24, 2.45) is 0 Å². The molecule has 0 aliphatic carbocycles. The summed E-state index contributed by atoms with van der Waals surface area (Å²) >= 11 is 5.74. The van der Waals surface area contributed by atoms with Crippen LogP contribution in [0.5, 0.6) is 0 Å². The number of rotatable bonds is 5. The number of anilines is 3. The molecule has 1 aromatic heterocycles. The lowest BCUT2D eigenvalue weighted by Gasteiger charge is -2.09. The Balaban J connectivity index is 2.19. The van der Waals surface area contributed by atoms with E-state index >= 15 is 0 Å². The molecule has 0 aliphatic rings. The second-order valence-electron chi connectivity index (χ2n) is 4.40. The van der Waals surface area contributed by atoms with Gasteiger partial charge in [-0.3, -0.25) is 0 Å². The SMILES string of the molecule is CCCNc1cc(C)nc(Nc2ccc(F)c(Cl)c2)n1. The van der Waals surface area contributed by atoms with Crippen molar-refractivity contribution in [2.45, 2.75) is 20.3 Å². The van der Waals surface area contributed by atoms with Gasteiger partial charge >= 0.3 is 0 Å². The fourth-order valence-corrected chi connectivity index (χ4v) is 1.85. The number of aryl methyl sites for hydroxylation is 1. The third-order valence-corrected chi connectivity index (χ3v) is 2.88. The molecule has 0 bridgehead atoms. The normalized spacial score (nSPS) is 10.4. The molecule has 0 atom stereocenters. The van der Waals surface area contributed by atoms with Gasteiger partial charge in [-0.15, -0.1) is 0 Å². The lowest BCUT2D eigenvalue weighted by atomic mass is 10.3. The van der Waals surface area contributed by atoms with Crippen LogP contribution in [0.2, 0.25) is 5.02 Å². The van der Waals surface area contributed by atoms with E-state index in [4.69, 9.17) is 11.6 Å². The van der Waals surface area contributed by atoms with Crippen LogP contribution in [0.4, 0.5) is 21.8 Å². The smallest absolute Gasteiger partial charge is 0.229 e. The Morgan fingerprint density at radius 2 is 2.05 bits per heavy atom. The summed E-state index contributed by atoms with van der Waals surface area (Å²) in [4.78, 5) is 8.64. The van der Waals surface area contributed by atoms with E-state index in [1.807, 2.05) is 13.0 Å². The molecule has 0 aliphatic heterocycles. The second-order valence-corrected chi connectivity index (χ2v) is 4.81. The average molecular weight is 295 g/mol. The predicted molar refractivity (Wildman–Crippen MR) is 80.2 cm³/mol. The summed E-state index contributed by atoms with van der Waals surface area (Å²) in [6.07, 6.45) is 1.01. The number of nitrogens with zero attached hydrogens (tertiary/aromatic N) is 2. The molecular weight excluding hydrogens is 279 g/mol. The van der Waals surface area contributed by atoms with Crippen LogP contribution >= 0.6 is 11.6 Å². The van der Waals surface area contributed by atoms with Crippen LogP contribution in [-0.4, -0.2) is 16.5 Å². The number of hydrogen-bond donors (Lipinski definition) is 2. The molecule has 0 unspecified atom stereocenters. The van der Waals surface area contributed by atoms with E-state index in [1.165, 1.54) is 12.1 Å². The van der Waals surface area contributed by atoms with Crippen LogP contribution < -0.4 is 10.6 Å². The summed E-state index contributed by atoms with van der Waals surface area (Å²) in [5.41, 5.74) is 1.48. The molecule has 106 valence electrons. The first-order valence-electron chi connectivity index (χ1n) is 6.40. The number of nitrogens with one attached hydrogen (secondary N) is 2. The highest BCUT2D eigenvalue weighted by Crippen LogP contribution is 2.22. The summed E-state index contributed by atoms with van der Waals surface area (Å²) in [5.74, 6) is 0.758. The van der Waals surface area contributed by atoms with Gasteiger partial charge in [-0.05, 0) is 31.5 Å². The van der Waals surface area contributed by atoms with E-state index < -0.39 is 5.82 Å². The second kappa shape index (κ2) is 6.52. The molecule has 0 fully saturated rings. The molecule has 4 nitrogen and oxygen atoms in total. The van der Waals surface area contributed by atoms with Crippen molar-refractivity contribution >= 4 is 29.1 Å². The van der Waals surface area contributed by atoms with E-state index in [-0.39, 0.29) is 5.02 Å². The van der Waals surface area contributed by atoms with E-state index in [2.05, 4.69) is 27.5 Å². The Hall–Kier alpha value is -1.88. The van der Waals surface area contributed by atoms with Gasteiger partial charge in [0.1, 0.15) is 11.6 Å². The first-order chi connectivity index (χ1) is 9.58. The van der Waals surface area contributed by atoms with Crippen LogP contribution in [0.3, 0.4) is 0 Å². The minimum Gasteiger partial charge on any atom is -0.370 e. The molecule has 20 heavy (non-hydrogen) atoms. The largest absolute Gasteiger partial charge is 0.370 e. The summed E-state index contributed by atoms with van der Waals surface area (Å²) in [6, 6.07) is 6.27. The molecule has 0 radical (unpaired) electrons. The monoisotopic (exact) mass is 294 g/mol. The highest BCUT2D eigenvalue weighted by molar-refractivity contribution is 6.31. The zero-order valence-corrected chi connectivity index (χ0v) is 12.1. The maximum Gasteiger partial charge on any atom is 0.229 e. The van der Waals surface area contributed by atoms with Gasteiger partial charge in [0.2, 0.25) is 5.95 Å². The number of halogens is 2. The molecular formula is C14H16ClFN4. The molecule has 0 amide bonds. The average Bonchev–Trinajstić information content (AvgIpc) is 2.40. The van der Waals surface area contributed by atoms with Crippen LogP contribution in [0, 0.1) is 12.7 Å². The Kier molecular flexibility index (Phi) is 4.74. The van der Waals surface area contributed by atoms with Crippen molar-refractivity contribution in [1.29, 1.82) is 0 Å². The molecule has 2 rings (SSSR count). The van der Waals surface area contributed by atoms with Gasteiger partial charge in [0.15, 0.2) is 0 Å². The van der Waals surface area contributed by atoms with Crippen molar-refractivity contribution in [3.05, 3.63) is 40.8 Å². The molecule has 0 saturated carbocycles. The van der Waals surface area contributed by atoms with Gasteiger partial charge in [0.05, 0.1) is 5.02 Å². The minimum absolute atomic E-state index is 0.0620. The van der Waals surface area contributed by atoms with Crippen molar-refractivity contribution in [3.8, 4) is 0 Å². The van der Waals surface area contributed by atoms with E-state index in [9.17, 15) is 4.39 Å². The fraction of sp³-hybridized carbons (Fsp3) is 0.286. The molecule has 6 heteroatoms. The molecule has 1 heterocycles. The molecule has 1 aromatic carbocycles. The number of hydrogen-bond acceptors (Lipinski definition) is 4. The number of aromatic nitrogens is 2. The van der Waals surface area contributed by atoms with Gasteiger partial charge in [-0.1, -0.05) is 18.5 Å². The van der Waals surface area contributed by atoms with Crippen molar-refractivity contribution in [3.63, 3.8) is 0 Å². The van der Waals surface area contributed by atoms with Gasteiger partial charge < -0.3 is 10.6 Å². The third-order valence-electron chi connectivity index (χ3n) is 2.59. The highest BCUT2D eigenvalue weighted by atomic mass is 35.5. The minimum atomic E-state index is -0.451. The highest BCUT2D eigenvalue weighted by Gasteiger charge is 2.05. The van der Waals surface area contributed by atoms with Crippen LogP contribution in [0.25, 0.3) is 0 Å². The van der Waals surface area contributed by atoms with Gasteiger partial charge in [-0.2, -0.15) is 4.98 Å². The first kappa shape index (κ1) is 14.5. The zero-order valence-electron chi connectivity index (χ0n) is 11.4. The van der Waals surface area contributed by atoms with Crippen LogP contribution in [0.1, 0.15) is 19.0 Å². The third kappa shape index (κ3) is 3.81. The maximum absolute atomic E-state index is 13.1. The maximum atomic E-state index is 13.1. The topological polar surface area (TPSA) is 49.8 Å². The summed E-state index contributed by atoms with van der Waals surface area (Å²) < 4.78 is 13.1. The standard InChI is InChI=1S/C14H16ClFN4/c1-3-6-17-13-7-9(2)18-14(20-13)19-10-4-5-12(16)11(15)8-10/h4-5,7-8H,3,6H2,1-2H3,(H2,17,18,19,20). The Morgan fingerprint density at radius 1 is 1.25 bits per heavy atom. The van der Waals surface area contributed by atoms with Crippen LogP contribution in [0.15, 0.2) is 24.3 Å². The van der Waals surface area contributed by atoms with Crippen LogP contribution in [-0.2, 0) is 0 Å². The lowest BCUT2D eigenvalue weighted by molar-refractivity contribution is 0.628. The lowest BCUT2D eigenvalue weighted by Crippen LogP contribution is -2.06. The molecule has 2 N–H and O–H groups in total. The van der Waals surface area contributed by atoms with Crippen molar-refractivity contribution in [2.75, 3.05) is 17.2 Å². The first-order valence-corrected chi connectivity index (χ1v) is 6.78. The molecule has 0 spiro atoms. The van der Waals surface area contributed by atoms with E-state index in [0.29, 0.717) is 11.6 Å². The Labute approximate surface area is 122 Å². The predicted octanol–water partition coefficient (Wildman–Crippen LogP) is 4.14. The zero-order chi connectivity index (χ0) is 14.5. The van der Waals surface area contributed by atoms with E-state index in [0.717, 1.165) is 24.5 Å². The quantitative estimate of drug-likeness (QED) is 0.870. The van der Waals surface area contributed by atoms with Gasteiger partial charge in [0.25, 0.3) is 0 Å². The van der Waals surface area contributed by atoms with Crippen molar-refractivity contribution < 1.29 is 4.39 Å². The molecule has 0 saturated heterocycles.